The molecule has 3 aliphatic rings. The topological polar surface area (TPSA) is 38.5 Å². The van der Waals surface area contributed by atoms with Crippen LogP contribution in [-0.4, -0.2) is 41.2 Å². The fourth-order valence-corrected chi connectivity index (χ4v) is 5.47. The van der Waals surface area contributed by atoms with Crippen molar-refractivity contribution in [3.63, 3.8) is 0 Å². The molecule has 2 N–H and O–H groups in total. The van der Waals surface area contributed by atoms with Crippen molar-refractivity contribution in [1.29, 1.82) is 0 Å². The van der Waals surface area contributed by atoms with E-state index in [1.807, 2.05) is 6.07 Å². The molecular formula is C17H24N2OS. The molecule has 2 unspecified atom stereocenters. The van der Waals surface area contributed by atoms with Gasteiger partial charge >= 0.3 is 0 Å². The average Bonchev–Trinajstić information content (AvgIpc) is 2.94. The van der Waals surface area contributed by atoms with Crippen molar-refractivity contribution in [3.8, 4) is 0 Å². The molecule has 2 saturated heterocycles. The van der Waals surface area contributed by atoms with Gasteiger partial charge in [-0.3, -0.25) is 4.90 Å². The molecule has 114 valence electrons. The second kappa shape index (κ2) is 5.49. The number of benzene rings is 1. The number of thioether (sulfide) groups is 1. The molecule has 4 heteroatoms. The maximum absolute atomic E-state index is 6.17. The Morgan fingerprint density at radius 1 is 1.33 bits per heavy atom. The summed E-state index contributed by atoms with van der Waals surface area (Å²) in [7, 11) is 0. The van der Waals surface area contributed by atoms with E-state index in [9.17, 15) is 0 Å². The quantitative estimate of drug-likeness (QED) is 0.810. The number of hydrogen-bond acceptors (Lipinski definition) is 4. The Hall–Kier alpha value is -0.710. The summed E-state index contributed by atoms with van der Waals surface area (Å²) in [4.78, 5) is 2.68. The molecule has 21 heavy (non-hydrogen) atoms. The minimum Gasteiger partial charge on any atom is -0.399 e. The van der Waals surface area contributed by atoms with Gasteiger partial charge in [0.1, 0.15) is 0 Å². The first-order valence-electron chi connectivity index (χ1n) is 8.07. The highest BCUT2D eigenvalue weighted by Crippen LogP contribution is 2.40. The van der Waals surface area contributed by atoms with Gasteiger partial charge in [-0.15, -0.1) is 0 Å². The van der Waals surface area contributed by atoms with Gasteiger partial charge in [-0.05, 0) is 54.7 Å². The monoisotopic (exact) mass is 304 g/mol. The van der Waals surface area contributed by atoms with E-state index in [1.54, 1.807) is 0 Å². The van der Waals surface area contributed by atoms with E-state index in [0.29, 0.717) is 6.04 Å². The molecule has 0 amide bonds. The van der Waals surface area contributed by atoms with Gasteiger partial charge in [0.15, 0.2) is 0 Å². The minimum atomic E-state index is 0.184. The van der Waals surface area contributed by atoms with Crippen molar-refractivity contribution >= 4 is 17.4 Å². The van der Waals surface area contributed by atoms with Crippen LogP contribution in [0.25, 0.3) is 0 Å². The summed E-state index contributed by atoms with van der Waals surface area (Å²) >= 11 is 2.06. The van der Waals surface area contributed by atoms with Crippen molar-refractivity contribution < 1.29 is 4.74 Å². The van der Waals surface area contributed by atoms with Crippen molar-refractivity contribution in [3.05, 3.63) is 29.3 Å². The molecule has 0 radical (unpaired) electrons. The van der Waals surface area contributed by atoms with Crippen LogP contribution in [0.15, 0.2) is 18.2 Å². The van der Waals surface area contributed by atoms with Gasteiger partial charge in [0, 0.05) is 37.2 Å². The molecule has 2 fully saturated rings. The maximum atomic E-state index is 6.17. The van der Waals surface area contributed by atoms with Crippen LogP contribution in [0, 0.1) is 0 Å². The Labute approximate surface area is 131 Å². The molecule has 3 heterocycles. The number of rotatable bonds is 1. The Bertz CT molecular complexity index is 528. The highest BCUT2D eigenvalue weighted by atomic mass is 32.2. The first kappa shape index (κ1) is 13.9. The van der Waals surface area contributed by atoms with Gasteiger partial charge in [0.25, 0.3) is 0 Å². The summed E-state index contributed by atoms with van der Waals surface area (Å²) < 4.78 is 6.17. The molecule has 2 atom stereocenters. The summed E-state index contributed by atoms with van der Waals surface area (Å²) in [5.41, 5.74) is 9.96. The normalized spacial score (nSPS) is 33.2. The molecule has 1 spiro atoms. The van der Waals surface area contributed by atoms with Crippen LogP contribution >= 0.6 is 11.8 Å². The highest BCUT2D eigenvalue weighted by Gasteiger charge is 2.42. The molecule has 1 aromatic rings. The summed E-state index contributed by atoms with van der Waals surface area (Å²) in [5, 5.41) is 0. The number of hydrogen-bond donors (Lipinski definition) is 1. The van der Waals surface area contributed by atoms with E-state index < -0.39 is 0 Å². The van der Waals surface area contributed by atoms with Crippen molar-refractivity contribution in [2.24, 2.45) is 0 Å². The van der Waals surface area contributed by atoms with Crippen LogP contribution in [0.4, 0.5) is 5.69 Å². The summed E-state index contributed by atoms with van der Waals surface area (Å²) in [5.74, 6) is 2.47. The van der Waals surface area contributed by atoms with E-state index in [2.05, 4.69) is 28.8 Å². The second-order valence-corrected chi connectivity index (χ2v) is 7.83. The number of ether oxygens (including phenoxy) is 1. The van der Waals surface area contributed by atoms with E-state index in [1.165, 1.54) is 48.4 Å². The fraction of sp³-hybridized carbons (Fsp3) is 0.647. The van der Waals surface area contributed by atoms with Gasteiger partial charge in [0.05, 0.1) is 5.60 Å². The molecular weight excluding hydrogens is 280 g/mol. The van der Waals surface area contributed by atoms with Crippen molar-refractivity contribution in [2.45, 2.75) is 43.9 Å². The van der Waals surface area contributed by atoms with Crippen LogP contribution in [0.3, 0.4) is 0 Å². The lowest BCUT2D eigenvalue weighted by atomic mass is 9.87. The predicted molar refractivity (Wildman–Crippen MR) is 88.6 cm³/mol. The predicted octanol–water partition coefficient (Wildman–Crippen LogP) is 2.68. The SMILES string of the molecule is Nc1ccc2c(c1)CN(C1CCOC3(CCSC3)C1)CC2. The third-order valence-corrected chi connectivity index (χ3v) is 6.55. The van der Waals surface area contributed by atoms with E-state index in [0.717, 1.165) is 25.3 Å². The fourth-order valence-electron chi connectivity index (χ4n) is 4.09. The summed E-state index contributed by atoms with van der Waals surface area (Å²) in [6.07, 6.45) is 4.81. The zero-order valence-corrected chi connectivity index (χ0v) is 13.3. The summed E-state index contributed by atoms with van der Waals surface area (Å²) in [6.45, 7) is 3.19. The third kappa shape index (κ3) is 2.69. The van der Waals surface area contributed by atoms with E-state index in [4.69, 9.17) is 10.5 Å². The first-order chi connectivity index (χ1) is 10.2. The van der Waals surface area contributed by atoms with Crippen LogP contribution in [-0.2, 0) is 17.7 Å². The average molecular weight is 304 g/mol. The van der Waals surface area contributed by atoms with Crippen molar-refractivity contribution in [1.82, 2.24) is 4.90 Å². The van der Waals surface area contributed by atoms with E-state index >= 15 is 0 Å². The Kier molecular flexibility index (Phi) is 3.64. The summed E-state index contributed by atoms with van der Waals surface area (Å²) in [6, 6.07) is 7.10. The number of anilines is 1. The van der Waals surface area contributed by atoms with E-state index in [-0.39, 0.29) is 5.60 Å². The van der Waals surface area contributed by atoms with Gasteiger partial charge in [0.2, 0.25) is 0 Å². The first-order valence-corrected chi connectivity index (χ1v) is 9.23. The van der Waals surface area contributed by atoms with Crippen LogP contribution in [0.1, 0.15) is 30.4 Å². The second-order valence-electron chi connectivity index (χ2n) is 6.73. The smallest absolute Gasteiger partial charge is 0.0795 e. The molecule has 0 bridgehead atoms. The van der Waals surface area contributed by atoms with Gasteiger partial charge < -0.3 is 10.5 Å². The Balaban J connectivity index is 1.49. The lowest BCUT2D eigenvalue weighted by Crippen LogP contribution is -2.50. The third-order valence-electron chi connectivity index (χ3n) is 5.32. The standard InChI is InChI=1S/C17H24N2OS/c18-15-2-1-13-3-6-19(11-14(13)9-15)16-4-7-20-17(10-16)5-8-21-12-17/h1-2,9,16H,3-8,10-12,18H2. The number of fused-ring (bicyclic) bond motifs is 1. The Morgan fingerprint density at radius 3 is 3.14 bits per heavy atom. The molecule has 0 aromatic heterocycles. The van der Waals surface area contributed by atoms with Crippen LogP contribution in [0.2, 0.25) is 0 Å². The minimum absolute atomic E-state index is 0.184. The zero-order valence-electron chi connectivity index (χ0n) is 12.5. The van der Waals surface area contributed by atoms with Crippen LogP contribution in [0.5, 0.6) is 0 Å². The lowest BCUT2D eigenvalue weighted by molar-refractivity contribution is -0.0914. The molecule has 3 aliphatic heterocycles. The van der Waals surface area contributed by atoms with Gasteiger partial charge in [-0.25, -0.2) is 0 Å². The lowest BCUT2D eigenvalue weighted by Gasteiger charge is -2.44. The highest BCUT2D eigenvalue weighted by molar-refractivity contribution is 7.99. The molecule has 3 nitrogen and oxygen atoms in total. The van der Waals surface area contributed by atoms with Gasteiger partial charge in [-0.2, -0.15) is 11.8 Å². The Morgan fingerprint density at radius 2 is 2.29 bits per heavy atom. The number of nitrogens with two attached hydrogens (primary N) is 1. The molecule has 1 aromatic carbocycles. The maximum Gasteiger partial charge on any atom is 0.0795 e. The van der Waals surface area contributed by atoms with Gasteiger partial charge in [-0.1, -0.05) is 6.07 Å². The molecule has 0 aliphatic carbocycles. The zero-order chi connectivity index (χ0) is 14.3. The van der Waals surface area contributed by atoms with Crippen LogP contribution < -0.4 is 5.73 Å². The van der Waals surface area contributed by atoms with Crippen molar-refractivity contribution in [2.75, 3.05) is 30.4 Å². The number of nitrogens with zero attached hydrogens (tertiary/aromatic N) is 1. The molecule has 4 rings (SSSR count). The molecule has 0 saturated carbocycles. The largest absolute Gasteiger partial charge is 0.399 e. The number of nitrogen functional groups attached to an aromatic ring is 1.